The van der Waals surface area contributed by atoms with Crippen LogP contribution in [0.1, 0.15) is 13.3 Å². The van der Waals surface area contributed by atoms with E-state index >= 15 is 0 Å². The summed E-state index contributed by atoms with van der Waals surface area (Å²) in [6, 6.07) is 1.73. The van der Waals surface area contributed by atoms with E-state index in [1.807, 2.05) is 0 Å². The Hall–Kier alpha value is -2.00. The van der Waals surface area contributed by atoms with Crippen LogP contribution in [-0.4, -0.2) is 42.1 Å². The predicted octanol–water partition coefficient (Wildman–Crippen LogP) is -0.910. The van der Waals surface area contributed by atoms with Crippen LogP contribution in [0, 0.1) is 0 Å². The molecule has 0 saturated carbocycles. The Balaban J connectivity index is 2.43. The van der Waals surface area contributed by atoms with E-state index in [2.05, 4.69) is 10.3 Å². The molecule has 1 saturated heterocycles. The smallest absolute Gasteiger partial charge is 0.245 e. The maximum absolute atomic E-state index is 12.5. The fourth-order valence-electron chi connectivity index (χ4n) is 1.96. The normalized spacial score (nSPS) is 20.8. The van der Waals surface area contributed by atoms with Gasteiger partial charge >= 0.3 is 0 Å². The lowest BCUT2D eigenvalue weighted by molar-refractivity contribution is -0.137. The molecule has 2 heterocycles. The van der Waals surface area contributed by atoms with E-state index in [9.17, 15) is 18.0 Å². The maximum Gasteiger partial charge on any atom is 0.245 e. The second kappa shape index (κ2) is 5.17. The molecule has 2 rings (SSSR count). The zero-order valence-electron chi connectivity index (χ0n) is 10.7. The molecule has 108 valence electrons. The first-order chi connectivity index (χ1) is 9.36. The Morgan fingerprint density at radius 2 is 2.15 bits per heavy atom. The number of nitrogen functional groups attached to an aromatic ring is 1. The molecular formula is C11H14N4O4S. The van der Waals surface area contributed by atoms with Gasteiger partial charge < -0.3 is 5.73 Å². The summed E-state index contributed by atoms with van der Waals surface area (Å²) in [6.07, 6.45) is 1.37. The molecule has 2 amide bonds. The van der Waals surface area contributed by atoms with Crippen molar-refractivity contribution in [2.75, 3.05) is 12.3 Å². The number of piperazine rings is 1. The molecule has 0 spiro atoms. The van der Waals surface area contributed by atoms with E-state index in [1.54, 1.807) is 6.92 Å². The molecule has 1 aromatic rings. The van der Waals surface area contributed by atoms with Crippen LogP contribution in [0.15, 0.2) is 23.2 Å². The molecular weight excluding hydrogens is 284 g/mol. The summed E-state index contributed by atoms with van der Waals surface area (Å²) in [5, 5.41) is 2.12. The summed E-state index contributed by atoms with van der Waals surface area (Å²) in [5.74, 6) is -1.08. The van der Waals surface area contributed by atoms with E-state index < -0.39 is 34.4 Å². The minimum atomic E-state index is -3.97. The molecule has 1 aliphatic rings. The molecule has 8 nitrogen and oxygen atoms in total. The van der Waals surface area contributed by atoms with Crippen LogP contribution >= 0.6 is 0 Å². The van der Waals surface area contributed by atoms with Gasteiger partial charge in [-0.2, -0.15) is 4.31 Å². The van der Waals surface area contributed by atoms with Gasteiger partial charge in [-0.05, 0) is 18.6 Å². The van der Waals surface area contributed by atoms with Gasteiger partial charge in [0.2, 0.25) is 21.8 Å². The highest BCUT2D eigenvalue weighted by atomic mass is 32.2. The third-order valence-corrected chi connectivity index (χ3v) is 4.80. The maximum atomic E-state index is 12.5. The van der Waals surface area contributed by atoms with Crippen LogP contribution < -0.4 is 11.1 Å². The van der Waals surface area contributed by atoms with Crippen molar-refractivity contribution in [1.29, 1.82) is 0 Å². The fourth-order valence-corrected chi connectivity index (χ4v) is 3.53. The lowest BCUT2D eigenvalue weighted by Gasteiger charge is -2.32. The van der Waals surface area contributed by atoms with Gasteiger partial charge in [-0.3, -0.25) is 14.9 Å². The highest BCUT2D eigenvalue weighted by Gasteiger charge is 2.40. The van der Waals surface area contributed by atoms with Crippen molar-refractivity contribution >= 4 is 27.7 Å². The summed E-state index contributed by atoms with van der Waals surface area (Å²) < 4.78 is 25.8. The average Bonchev–Trinajstić information content (AvgIpc) is 2.38. The fraction of sp³-hybridized carbons (Fsp3) is 0.364. The van der Waals surface area contributed by atoms with Crippen LogP contribution in [0.5, 0.6) is 0 Å². The Morgan fingerprint density at radius 3 is 2.70 bits per heavy atom. The van der Waals surface area contributed by atoms with Crippen molar-refractivity contribution < 1.29 is 18.0 Å². The van der Waals surface area contributed by atoms with Crippen LogP contribution in [-0.2, 0) is 19.6 Å². The van der Waals surface area contributed by atoms with Gasteiger partial charge in [0.05, 0.1) is 6.54 Å². The topological polar surface area (TPSA) is 122 Å². The summed E-state index contributed by atoms with van der Waals surface area (Å²) in [7, 11) is -3.97. The number of pyridine rings is 1. The lowest BCUT2D eigenvalue weighted by atomic mass is 10.2. The number of nitrogens with one attached hydrogen (secondary N) is 1. The number of aromatic nitrogens is 1. The average molecular weight is 298 g/mol. The van der Waals surface area contributed by atoms with Gasteiger partial charge in [0, 0.05) is 6.20 Å². The van der Waals surface area contributed by atoms with Crippen molar-refractivity contribution in [1.82, 2.24) is 14.6 Å². The summed E-state index contributed by atoms with van der Waals surface area (Å²) in [6.45, 7) is 1.28. The quantitative estimate of drug-likeness (QED) is 0.696. The molecule has 0 radical (unpaired) electrons. The zero-order valence-corrected chi connectivity index (χ0v) is 11.6. The molecule has 0 bridgehead atoms. The van der Waals surface area contributed by atoms with Crippen LogP contribution in [0.25, 0.3) is 0 Å². The first kappa shape index (κ1) is 14.4. The number of sulfonamides is 1. The Bertz CT molecular complexity index is 641. The third kappa shape index (κ3) is 2.49. The number of carbonyl (C=O) groups is 2. The summed E-state index contributed by atoms with van der Waals surface area (Å²) in [4.78, 5) is 26.7. The number of nitrogens with zero attached hydrogens (tertiary/aromatic N) is 2. The van der Waals surface area contributed by atoms with Crippen LogP contribution in [0.3, 0.4) is 0 Å². The van der Waals surface area contributed by atoms with E-state index in [1.165, 1.54) is 12.1 Å². The molecule has 3 N–H and O–H groups in total. The van der Waals surface area contributed by atoms with Gasteiger partial charge in [0.15, 0.2) is 0 Å². The number of imide groups is 1. The Kier molecular flexibility index (Phi) is 3.73. The van der Waals surface area contributed by atoms with Gasteiger partial charge in [0.25, 0.3) is 0 Å². The number of nitrogens with two attached hydrogens (primary N) is 1. The zero-order chi connectivity index (χ0) is 14.9. The third-order valence-electron chi connectivity index (χ3n) is 2.96. The van der Waals surface area contributed by atoms with Crippen molar-refractivity contribution in [2.24, 2.45) is 0 Å². The number of anilines is 1. The molecule has 0 aromatic carbocycles. The molecule has 0 aliphatic carbocycles. The molecule has 1 unspecified atom stereocenters. The van der Waals surface area contributed by atoms with Crippen molar-refractivity contribution in [3.63, 3.8) is 0 Å². The minimum absolute atomic E-state index is 0.104. The number of amides is 2. The highest BCUT2D eigenvalue weighted by Crippen LogP contribution is 2.21. The van der Waals surface area contributed by atoms with E-state index in [4.69, 9.17) is 5.73 Å². The van der Waals surface area contributed by atoms with E-state index in [0.717, 1.165) is 10.5 Å². The molecule has 1 aliphatic heterocycles. The van der Waals surface area contributed by atoms with Gasteiger partial charge in [-0.1, -0.05) is 6.92 Å². The van der Waals surface area contributed by atoms with Crippen molar-refractivity contribution in [2.45, 2.75) is 24.3 Å². The molecule has 1 atom stereocenters. The lowest BCUT2D eigenvalue weighted by Crippen LogP contribution is -2.59. The number of hydrogen-bond donors (Lipinski definition) is 2. The number of rotatable bonds is 3. The second-order valence-corrected chi connectivity index (χ2v) is 6.20. The van der Waals surface area contributed by atoms with Gasteiger partial charge in [-0.15, -0.1) is 0 Å². The standard InChI is InChI=1S/C11H14N4O4S/c1-2-8-11(17)14-10(16)6-15(8)20(18,19)7-3-4-9(12)13-5-7/h3-5,8H,2,6H2,1H3,(H2,12,13)(H,14,16,17). The molecule has 20 heavy (non-hydrogen) atoms. The minimum Gasteiger partial charge on any atom is -0.384 e. The van der Waals surface area contributed by atoms with Gasteiger partial charge in [-0.25, -0.2) is 13.4 Å². The predicted molar refractivity (Wildman–Crippen MR) is 69.8 cm³/mol. The molecule has 1 aromatic heterocycles. The van der Waals surface area contributed by atoms with Crippen molar-refractivity contribution in [3.05, 3.63) is 18.3 Å². The number of hydrogen-bond acceptors (Lipinski definition) is 6. The second-order valence-electron chi connectivity index (χ2n) is 4.31. The van der Waals surface area contributed by atoms with Gasteiger partial charge in [0.1, 0.15) is 16.8 Å². The monoisotopic (exact) mass is 298 g/mol. The first-order valence-electron chi connectivity index (χ1n) is 5.93. The Morgan fingerprint density at radius 1 is 1.45 bits per heavy atom. The van der Waals surface area contributed by atoms with E-state index in [-0.39, 0.29) is 17.1 Å². The van der Waals surface area contributed by atoms with Crippen LogP contribution in [0.4, 0.5) is 5.82 Å². The number of carbonyl (C=O) groups excluding carboxylic acids is 2. The SMILES string of the molecule is CCC1C(=O)NC(=O)CN1S(=O)(=O)c1ccc(N)nc1. The Labute approximate surface area is 116 Å². The molecule has 9 heteroatoms. The molecule has 1 fully saturated rings. The first-order valence-corrected chi connectivity index (χ1v) is 7.37. The largest absolute Gasteiger partial charge is 0.384 e. The summed E-state index contributed by atoms with van der Waals surface area (Å²) >= 11 is 0. The van der Waals surface area contributed by atoms with Crippen LogP contribution in [0.2, 0.25) is 0 Å². The van der Waals surface area contributed by atoms with E-state index in [0.29, 0.717) is 0 Å². The highest BCUT2D eigenvalue weighted by molar-refractivity contribution is 7.89. The van der Waals surface area contributed by atoms with Crippen molar-refractivity contribution in [3.8, 4) is 0 Å². The summed E-state index contributed by atoms with van der Waals surface area (Å²) in [5.41, 5.74) is 5.41.